The molecule has 2 N–H and O–H groups in total. The van der Waals surface area contributed by atoms with Crippen LogP contribution in [0.3, 0.4) is 0 Å². The summed E-state index contributed by atoms with van der Waals surface area (Å²) >= 11 is 1.88. The zero-order valence-corrected chi connectivity index (χ0v) is 66.8. The summed E-state index contributed by atoms with van der Waals surface area (Å²) in [5, 5.41) is 25.0. The minimum Gasteiger partial charge on any atom is -0.344 e. The van der Waals surface area contributed by atoms with Gasteiger partial charge in [-0.1, -0.05) is 202 Å². The van der Waals surface area contributed by atoms with E-state index in [0.717, 1.165) is 130 Å². The van der Waals surface area contributed by atoms with Crippen molar-refractivity contribution in [3.63, 3.8) is 0 Å². The number of benzene rings is 4. The van der Waals surface area contributed by atoms with Gasteiger partial charge in [-0.3, -0.25) is 0 Å². The third-order valence-corrected chi connectivity index (χ3v) is 26.3. The third-order valence-electron chi connectivity index (χ3n) is 22.0. The summed E-state index contributed by atoms with van der Waals surface area (Å²) in [6.07, 6.45) is 21.8. The van der Waals surface area contributed by atoms with E-state index in [-0.39, 0.29) is 48.3 Å². The maximum atomic E-state index is 15.9. The predicted molar refractivity (Wildman–Crippen MR) is 422 cm³/mol. The molecule has 4 aromatic rings. The Morgan fingerprint density at radius 3 is 0.889 bits per heavy atom. The van der Waals surface area contributed by atoms with Crippen LogP contribution in [-0.2, 0) is 60.5 Å². The van der Waals surface area contributed by atoms with Crippen LogP contribution in [-0.4, -0.2) is 109 Å². The van der Waals surface area contributed by atoms with Crippen LogP contribution < -0.4 is 19.6 Å². The molecule has 0 unspecified atom stereocenters. The van der Waals surface area contributed by atoms with Gasteiger partial charge in [0.15, 0.2) is 13.1 Å². The maximum Gasteiger partial charge on any atom is 0.560 e. The molecule has 0 spiro atoms. The summed E-state index contributed by atoms with van der Waals surface area (Å²) < 4.78 is 165. The highest BCUT2D eigenvalue weighted by Gasteiger charge is 2.59. The van der Waals surface area contributed by atoms with Crippen LogP contribution in [0.1, 0.15) is 194 Å². The molecular weight excluding hydrogens is 1470 g/mol. The largest absolute Gasteiger partial charge is 0.560 e. The molecule has 108 heavy (non-hydrogen) atoms. The Labute approximate surface area is 642 Å². The number of unbranched alkanes of at least 4 members (excludes halogenated alkanes) is 7. The topological polar surface area (TPSA) is 165 Å². The van der Waals surface area contributed by atoms with Gasteiger partial charge in [0.2, 0.25) is 11.4 Å². The lowest BCUT2D eigenvalue weighted by atomic mass is 9.83. The average Bonchev–Trinajstić information content (AvgIpc) is 1.56. The van der Waals surface area contributed by atoms with Gasteiger partial charge in [0.1, 0.15) is 0 Å². The molecule has 16 nitrogen and oxygen atoms in total. The van der Waals surface area contributed by atoms with E-state index in [9.17, 15) is 16.8 Å². The van der Waals surface area contributed by atoms with E-state index in [0.29, 0.717) is 82.5 Å². The van der Waals surface area contributed by atoms with Gasteiger partial charge in [0, 0.05) is 164 Å². The van der Waals surface area contributed by atoms with Gasteiger partial charge in [-0.2, -0.15) is 43.2 Å². The van der Waals surface area contributed by atoms with Crippen LogP contribution in [0.25, 0.3) is 0 Å². The Morgan fingerprint density at radius 1 is 0.398 bits per heavy atom. The monoisotopic (exact) mass is 1570 g/mol. The van der Waals surface area contributed by atoms with Crippen molar-refractivity contribution in [3.05, 3.63) is 213 Å². The summed E-state index contributed by atoms with van der Waals surface area (Å²) in [5.41, 5.74) is -2.32. The Balaban J connectivity index is 1.13. The molecular formula is C82H104F6N6O10S4+2. The van der Waals surface area contributed by atoms with Gasteiger partial charge >= 0.3 is 31.1 Å². The number of allylic oxidation sites excluding steroid dienone is 16. The summed E-state index contributed by atoms with van der Waals surface area (Å²) in [7, 11) is -12.6. The standard InChI is InChI=1S/C82H102F6N6O10S4/c1-11-13-23-51-89-67-35-19-15-31-63(67)77(3,4)71(89)47-43-59-39-41-61(45-49-73-79(7,8)65-33-17-21-37-69(65)91(73)53-27-29-57-105-103-101-95)75(59)93(107(97,98)81(83,84)85)55-25-26-56-94(108(99,100)82(86,87)88)76-60(44-48-72-78(5,6)64-32-16-20-36-68(64)90(72)52-24-14-12-2)40-42-62(76)46-50-74-80(9,10)66-34-18-22-38-70(66)92(74)54-28-30-58-106-104-102-96/h15-22,31-38,43-50H,11-14,23-30,39-42,51-58H2,1-10H3/p+2. The number of sulfonamides is 2. The second-order valence-corrected chi connectivity index (χ2v) is 35.6. The number of anilines is 4. The molecule has 2 fully saturated rings. The number of hydrogen-bond acceptors (Lipinski definition) is 16. The first-order chi connectivity index (χ1) is 51.3. The molecule has 0 saturated heterocycles. The smallest absolute Gasteiger partial charge is 0.344 e. The molecule has 26 heteroatoms. The van der Waals surface area contributed by atoms with Crippen molar-refractivity contribution < 1.29 is 80.4 Å². The first-order valence-electron chi connectivity index (χ1n) is 37.6. The molecule has 586 valence electrons. The molecule has 0 bridgehead atoms. The first kappa shape index (κ1) is 83.7. The normalized spacial score (nSPS) is 22.1. The fourth-order valence-electron chi connectivity index (χ4n) is 16.4. The van der Waals surface area contributed by atoms with Crippen LogP contribution in [0, 0.1) is 0 Å². The number of alkyl halides is 6. The quantitative estimate of drug-likeness (QED) is 0.0115. The first-order valence-corrected chi connectivity index (χ1v) is 42.3. The highest BCUT2D eigenvalue weighted by Crippen LogP contribution is 2.53. The number of fused-ring (bicyclic) bond motifs is 4. The highest BCUT2D eigenvalue weighted by atomic mass is 32.2. The van der Waals surface area contributed by atoms with Gasteiger partial charge in [0.25, 0.3) is 0 Å². The fraction of sp³-hybridized carbons (Fsp3) is 0.488. The zero-order valence-electron chi connectivity index (χ0n) is 63.6. The molecule has 4 aliphatic heterocycles. The van der Waals surface area contributed by atoms with E-state index in [1.165, 1.54) is 0 Å². The van der Waals surface area contributed by atoms with Gasteiger partial charge in [-0.25, -0.2) is 10.5 Å². The molecule has 10 rings (SSSR count). The molecule has 6 aliphatic rings. The number of halogens is 6. The summed E-state index contributed by atoms with van der Waals surface area (Å²) in [6, 6.07) is 31.8. The van der Waals surface area contributed by atoms with Crippen molar-refractivity contribution >= 4 is 78.3 Å². The molecule has 4 heterocycles. The van der Waals surface area contributed by atoms with E-state index >= 15 is 26.3 Å². The van der Waals surface area contributed by atoms with Crippen molar-refractivity contribution in [2.45, 2.75) is 205 Å². The van der Waals surface area contributed by atoms with Crippen molar-refractivity contribution in [3.8, 4) is 0 Å². The second-order valence-electron chi connectivity index (χ2n) is 30.4. The molecule has 4 aromatic carbocycles. The second kappa shape index (κ2) is 35.3. The molecule has 0 radical (unpaired) electrons. The SMILES string of the molecule is CCCCCN1/C(=C/C=C2\CCC(=CC=C3N(CCCCSOOO)c4ccccc4C3(C)C)C2=[N+](CCCC[N+](=C2C(=CC=C3N(CCCCSOOO)c4ccccc4C3(C)C)CC/C2=C\C=C2\N(CCCCC)c3ccccc3C2(C)C)S(=O)(=O)C(F)(F)F)S(=O)(=O)C(F)(F)F)C(C)(C)c2ccccc21. The summed E-state index contributed by atoms with van der Waals surface area (Å²) in [5.74, 6) is 0.976. The van der Waals surface area contributed by atoms with Crippen molar-refractivity contribution in [2.75, 3.05) is 70.4 Å². The number of hydrogen-bond donors (Lipinski definition) is 2. The molecule has 0 amide bonds. The molecule has 2 saturated carbocycles. The lowest BCUT2D eigenvalue weighted by Crippen LogP contribution is -2.40. The van der Waals surface area contributed by atoms with Crippen molar-refractivity contribution in [1.29, 1.82) is 0 Å². The molecule has 0 aromatic heterocycles. The fourth-order valence-corrected chi connectivity index (χ4v) is 19.5. The van der Waals surface area contributed by atoms with Crippen LogP contribution in [0.4, 0.5) is 49.1 Å². The average molecular weight is 1580 g/mol. The van der Waals surface area contributed by atoms with Crippen LogP contribution in [0.15, 0.2) is 191 Å². The van der Waals surface area contributed by atoms with Crippen LogP contribution in [0.5, 0.6) is 0 Å². The van der Waals surface area contributed by atoms with Crippen LogP contribution in [0.2, 0.25) is 0 Å². The van der Waals surface area contributed by atoms with Gasteiger partial charge in [-0.05, 0) is 135 Å². The van der Waals surface area contributed by atoms with E-state index in [1.54, 1.807) is 24.3 Å². The number of rotatable bonds is 33. The highest BCUT2D eigenvalue weighted by molar-refractivity contribution is 7.94. The lowest BCUT2D eigenvalue weighted by Gasteiger charge is -2.27. The Bertz CT molecular complexity index is 4210. The van der Waals surface area contributed by atoms with Crippen LogP contribution >= 0.6 is 24.1 Å². The van der Waals surface area contributed by atoms with Crippen molar-refractivity contribution in [2.24, 2.45) is 0 Å². The van der Waals surface area contributed by atoms with Gasteiger partial charge in [-0.15, -0.1) is 16.6 Å². The summed E-state index contributed by atoms with van der Waals surface area (Å²) in [4.78, 5) is 8.73. The molecule has 2 aliphatic carbocycles. The van der Waals surface area contributed by atoms with Gasteiger partial charge in [0.05, 0.1) is 0 Å². The van der Waals surface area contributed by atoms with E-state index in [1.807, 2.05) is 137 Å². The number of nitrogens with zero attached hydrogens (tertiary/aromatic N) is 6. The van der Waals surface area contributed by atoms with Crippen molar-refractivity contribution in [1.82, 2.24) is 0 Å². The Hall–Kier alpha value is -6.72. The predicted octanol–water partition coefficient (Wildman–Crippen LogP) is 20.5. The van der Waals surface area contributed by atoms with E-state index < -0.39 is 78.7 Å². The third kappa shape index (κ3) is 17.5. The Morgan fingerprint density at radius 2 is 0.648 bits per heavy atom. The Kier molecular flexibility index (Phi) is 27.4. The van der Waals surface area contributed by atoms with Gasteiger partial charge < -0.3 is 19.6 Å². The minimum atomic E-state index is -6.32. The number of para-hydroxylation sites is 4. The molecule has 0 atom stereocenters. The maximum absolute atomic E-state index is 15.9. The van der Waals surface area contributed by atoms with E-state index in [4.69, 9.17) is 10.5 Å². The minimum absolute atomic E-state index is 0.114. The summed E-state index contributed by atoms with van der Waals surface area (Å²) in [6.45, 7) is 21.2. The lowest BCUT2D eigenvalue weighted by molar-refractivity contribution is -0.432. The van der Waals surface area contributed by atoms with E-state index in [2.05, 4.69) is 92.0 Å². The zero-order chi connectivity index (χ0) is 78.0.